The fourth-order valence-corrected chi connectivity index (χ4v) is 1.29. The number of nitrogens with one attached hydrogen (secondary N) is 1. The van der Waals surface area contributed by atoms with E-state index in [-0.39, 0.29) is 5.91 Å². The standard InChI is InChI=1S/C14H30N2O4/c1-4-5-7-18-9-11-20-12-10-19-8-6-15-13-14(17)16(2)3/h15H,4-13H2,1-3H3. The summed E-state index contributed by atoms with van der Waals surface area (Å²) in [5.74, 6) is 0.0661. The Labute approximate surface area is 122 Å². The highest BCUT2D eigenvalue weighted by atomic mass is 16.5. The Morgan fingerprint density at radius 2 is 1.50 bits per heavy atom. The van der Waals surface area contributed by atoms with Crippen LogP contribution in [0.5, 0.6) is 0 Å². The van der Waals surface area contributed by atoms with Crippen molar-refractivity contribution < 1.29 is 19.0 Å². The summed E-state index contributed by atoms with van der Waals surface area (Å²) in [5.41, 5.74) is 0. The van der Waals surface area contributed by atoms with Crippen LogP contribution in [0, 0.1) is 0 Å². The van der Waals surface area contributed by atoms with Crippen LogP contribution in [0.2, 0.25) is 0 Å². The van der Waals surface area contributed by atoms with Gasteiger partial charge in [-0.25, -0.2) is 0 Å². The number of amides is 1. The molecular weight excluding hydrogens is 260 g/mol. The van der Waals surface area contributed by atoms with Crippen LogP contribution in [-0.4, -0.2) is 77.6 Å². The molecule has 1 N–H and O–H groups in total. The van der Waals surface area contributed by atoms with Gasteiger partial charge in [0, 0.05) is 27.2 Å². The number of carbonyl (C=O) groups excluding carboxylic acids is 1. The maximum absolute atomic E-state index is 11.2. The topological polar surface area (TPSA) is 60.0 Å². The van der Waals surface area contributed by atoms with Gasteiger partial charge in [-0.3, -0.25) is 4.79 Å². The van der Waals surface area contributed by atoms with E-state index in [9.17, 15) is 4.79 Å². The minimum absolute atomic E-state index is 0.0661. The lowest BCUT2D eigenvalue weighted by atomic mass is 10.4. The van der Waals surface area contributed by atoms with Crippen LogP contribution in [-0.2, 0) is 19.0 Å². The number of likely N-dealkylation sites (N-methyl/N-ethyl adjacent to an activating group) is 1. The summed E-state index contributed by atoms with van der Waals surface area (Å²) in [4.78, 5) is 12.8. The number of hydrogen-bond acceptors (Lipinski definition) is 5. The summed E-state index contributed by atoms with van der Waals surface area (Å²) < 4.78 is 16.1. The van der Waals surface area contributed by atoms with Crippen LogP contribution in [0.1, 0.15) is 19.8 Å². The molecule has 0 saturated carbocycles. The molecule has 0 atom stereocenters. The van der Waals surface area contributed by atoms with Gasteiger partial charge in [-0.1, -0.05) is 13.3 Å². The summed E-state index contributed by atoms with van der Waals surface area (Å²) in [6.07, 6.45) is 2.26. The van der Waals surface area contributed by atoms with E-state index in [0.29, 0.717) is 46.1 Å². The Hall–Kier alpha value is -0.690. The number of ether oxygens (including phenoxy) is 3. The zero-order chi connectivity index (χ0) is 15.1. The highest BCUT2D eigenvalue weighted by Crippen LogP contribution is 1.88. The minimum Gasteiger partial charge on any atom is -0.379 e. The predicted molar refractivity (Wildman–Crippen MR) is 78.9 cm³/mol. The third kappa shape index (κ3) is 13.7. The molecule has 0 fully saturated rings. The van der Waals surface area contributed by atoms with Gasteiger partial charge in [-0.2, -0.15) is 0 Å². The molecular formula is C14H30N2O4. The first-order chi connectivity index (χ1) is 9.68. The van der Waals surface area contributed by atoms with Crippen molar-refractivity contribution in [1.82, 2.24) is 10.2 Å². The van der Waals surface area contributed by atoms with Crippen LogP contribution in [0.15, 0.2) is 0 Å². The van der Waals surface area contributed by atoms with Gasteiger partial charge in [0.2, 0.25) is 5.91 Å². The Balaban J connectivity index is 3.04. The number of carbonyl (C=O) groups is 1. The fraction of sp³-hybridized carbons (Fsp3) is 0.929. The fourth-order valence-electron chi connectivity index (χ4n) is 1.29. The highest BCUT2D eigenvalue weighted by Gasteiger charge is 2.01. The number of unbranched alkanes of at least 4 members (excludes halogenated alkanes) is 1. The van der Waals surface area contributed by atoms with Gasteiger partial charge in [0.15, 0.2) is 0 Å². The second-order valence-corrected chi connectivity index (χ2v) is 4.66. The van der Waals surface area contributed by atoms with Gasteiger partial charge >= 0.3 is 0 Å². The quantitative estimate of drug-likeness (QED) is 0.473. The van der Waals surface area contributed by atoms with Gasteiger partial charge in [0.1, 0.15) is 0 Å². The van der Waals surface area contributed by atoms with Crippen molar-refractivity contribution >= 4 is 5.91 Å². The first-order valence-electron chi connectivity index (χ1n) is 7.32. The van der Waals surface area contributed by atoms with Crippen molar-refractivity contribution in [3.63, 3.8) is 0 Å². The van der Waals surface area contributed by atoms with Gasteiger partial charge < -0.3 is 24.4 Å². The van der Waals surface area contributed by atoms with Gasteiger partial charge in [-0.15, -0.1) is 0 Å². The van der Waals surface area contributed by atoms with E-state index in [1.165, 1.54) is 0 Å². The van der Waals surface area contributed by atoms with Gasteiger partial charge in [-0.05, 0) is 6.42 Å². The first-order valence-corrected chi connectivity index (χ1v) is 7.32. The average molecular weight is 290 g/mol. The molecule has 0 aliphatic carbocycles. The first kappa shape index (κ1) is 19.3. The monoisotopic (exact) mass is 290 g/mol. The van der Waals surface area contributed by atoms with Crippen molar-refractivity contribution in [2.75, 3.05) is 66.8 Å². The normalized spacial score (nSPS) is 10.8. The Morgan fingerprint density at radius 1 is 0.950 bits per heavy atom. The number of nitrogens with zero attached hydrogens (tertiary/aromatic N) is 1. The van der Waals surface area contributed by atoms with E-state index >= 15 is 0 Å². The summed E-state index contributed by atoms with van der Waals surface area (Å²) >= 11 is 0. The zero-order valence-corrected chi connectivity index (χ0v) is 13.2. The SMILES string of the molecule is CCCCOCCOCCOCCNCC(=O)N(C)C. The van der Waals surface area contributed by atoms with E-state index in [4.69, 9.17) is 14.2 Å². The van der Waals surface area contributed by atoms with Crippen LogP contribution in [0.25, 0.3) is 0 Å². The lowest BCUT2D eigenvalue weighted by Crippen LogP contribution is -2.34. The average Bonchev–Trinajstić information content (AvgIpc) is 2.43. The molecule has 6 heteroatoms. The predicted octanol–water partition coefficient (Wildman–Crippen LogP) is 0.514. The van der Waals surface area contributed by atoms with Crippen LogP contribution in [0.4, 0.5) is 0 Å². The van der Waals surface area contributed by atoms with E-state index in [1.807, 2.05) is 0 Å². The summed E-state index contributed by atoms with van der Waals surface area (Å²) in [7, 11) is 3.48. The molecule has 0 heterocycles. The van der Waals surface area contributed by atoms with E-state index in [0.717, 1.165) is 19.4 Å². The molecule has 20 heavy (non-hydrogen) atoms. The second kappa shape index (κ2) is 14.7. The molecule has 0 aromatic carbocycles. The van der Waals surface area contributed by atoms with Gasteiger partial charge in [0.05, 0.1) is 39.6 Å². The van der Waals surface area contributed by atoms with E-state index < -0.39 is 0 Å². The number of rotatable bonds is 14. The highest BCUT2D eigenvalue weighted by molar-refractivity contribution is 5.77. The van der Waals surface area contributed by atoms with E-state index in [2.05, 4.69) is 12.2 Å². The molecule has 0 aliphatic heterocycles. The zero-order valence-electron chi connectivity index (χ0n) is 13.2. The smallest absolute Gasteiger partial charge is 0.236 e. The van der Waals surface area contributed by atoms with Crippen LogP contribution in [0.3, 0.4) is 0 Å². The lowest BCUT2D eigenvalue weighted by molar-refractivity contribution is -0.127. The molecule has 0 bridgehead atoms. The largest absolute Gasteiger partial charge is 0.379 e. The van der Waals surface area contributed by atoms with Gasteiger partial charge in [0.25, 0.3) is 0 Å². The molecule has 0 saturated heterocycles. The summed E-state index contributed by atoms with van der Waals surface area (Å²) in [6.45, 7) is 6.96. The number of hydrogen-bond donors (Lipinski definition) is 1. The lowest BCUT2D eigenvalue weighted by Gasteiger charge is -2.11. The second-order valence-electron chi connectivity index (χ2n) is 4.66. The van der Waals surface area contributed by atoms with Crippen molar-refractivity contribution in [3.8, 4) is 0 Å². The molecule has 0 aromatic rings. The van der Waals surface area contributed by atoms with Crippen molar-refractivity contribution in [2.45, 2.75) is 19.8 Å². The third-order valence-corrected chi connectivity index (χ3v) is 2.58. The molecule has 0 radical (unpaired) electrons. The minimum atomic E-state index is 0.0661. The molecule has 1 amide bonds. The Morgan fingerprint density at radius 3 is 2.05 bits per heavy atom. The van der Waals surface area contributed by atoms with Crippen molar-refractivity contribution in [3.05, 3.63) is 0 Å². The van der Waals surface area contributed by atoms with Crippen molar-refractivity contribution in [1.29, 1.82) is 0 Å². The summed E-state index contributed by atoms with van der Waals surface area (Å²) in [6, 6.07) is 0. The van der Waals surface area contributed by atoms with Crippen LogP contribution < -0.4 is 5.32 Å². The maximum Gasteiger partial charge on any atom is 0.236 e. The van der Waals surface area contributed by atoms with E-state index in [1.54, 1.807) is 19.0 Å². The third-order valence-electron chi connectivity index (χ3n) is 2.58. The Bertz CT molecular complexity index is 225. The molecule has 0 spiro atoms. The molecule has 0 unspecified atom stereocenters. The Kier molecular flexibility index (Phi) is 14.2. The van der Waals surface area contributed by atoms with Crippen LogP contribution >= 0.6 is 0 Å². The molecule has 6 nitrogen and oxygen atoms in total. The molecule has 0 rings (SSSR count). The maximum atomic E-state index is 11.2. The molecule has 0 aliphatic rings. The molecule has 0 aromatic heterocycles. The molecule has 120 valence electrons. The van der Waals surface area contributed by atoms with Crippen molar-refractivity contribution in [2.24, 2.45) is 0 Å². The summed E-state index contributed by atoms with van der Waals surface area (Å²) in [5, 5.41) is 3.02.